The highest BCUT2D eigenvalue weighted by atomic mass is 16.5. The number of ether oxygens (including phenoxy) is 1. The van der Waals surface area contributed by atoms with Gasteiger partial charge in [-0.15, -0.1) is 0 Å². The molecule has 0 aliphatic rings. The average molecular weight is 300 g/mol. The maximum absolute atomic E-state index is 12.0. The number of aromatic nitrogens is 1. The molecule has 0 aliphatic carbocycles. The summed E-state index contributed by atoms with van der Waals surface area (Å²) in [6.07, 6.45) is 1.70. The number of nitrogens with one attached hydrogen (secondary N) is 1. The van der Waals surface area contributed by atoms with Crippen LogP contribution in [0.2, 0.25) is 0 Å². The zero-order valence-corrected chi connectivity index (χ0v) is 12.8. The van der Waals surface area contributed by atoms with Gasteiger partial charge in [0.1, 0.15) is 5.69 Å². The summed E-state index contributed by atoms with van der Waals surface area (Å²) in [5.74, 6) is -0.881. The molecule has 1 N–H and O–H groups in total. The van der Waals surface area contributed by atoms with Crippen LogP contribution in [0.15, 0.2) is 36.4 Å². The van der Waals surface area contributed by atoms with E-state index in [1.165, 1.54) is 0 Å². The number of para-hydroxylation sites is 1. The van der Waals surface area contributed by atoms with Crippen LogP contribution in [0.5, 0.6) is 0 Å². The van der Waals surface area contributed by atoms with Gasteiger partial charge in [0.15, 0.2) is 6.61 Å². The molecule has 5 heteroatoms. The normalized spacial score (nSPS) is 10.7. The third-order valence-electron chi connectivity index (χ3n) is 3.49. The topological polar surface area (TPSA) is 68.3 Å². The molecule has 1 aromatic carbocycles. The second-order valence-electron chi connectivity index (χ2n) is 5.05. The Morgan fingerprint density at radius 1 is 1.14 bits per heavy atom. The number of pyridine rings is 1. The first-order valence-electron chi connectivity index (χ1n) is 7.46. The summed E-state index contributed by atoms with van der Waals surface area (Å²) in [6, 6.07) is 11.0. The van der Waals surface area contributed by atoms with Crippen LogP contribution < -0.4 is 5.32 Å². The number of rotatable bonds is 6. The molecule has 116 valence electrons. The Morgan fingerprint density at radius 3 is 2.59 bits per heavy atom. The summed E-state index contributed by atoms with van der Waals surface area (Å²) < 4.78 is 5.02. The minimum atomic E-state index is -0.592. The number of carbonyl (C=O) groups excluding carboxylic acids is 2. The van der Waals surface area contributed by atoms with E-state index in [4.69, 9.17) is 4.74 Å². The number of hydrogen-bond acceptors (Lipinski definition) is 4. The highest BCUT2D eigenvalue weighted by Crippen LogP contribution is 2.12. The fraction of sp³-hybridized carbons (Fsp3) is 0.353. The molecular weight excluding hydrogens is 280 g/mol. The summed E-state index contributed by atoms with van der Waals surface area (Å²) >= 11 is 0. The van der Waals surface area contributed by atoms with E-state index < -0.39 is 5.97 Å². The van der Waals surface area contributed by atoms with Crippen molar-refractivity contribution >= 4 is 22.8 Å². The van der Waals surface area contributed by atoms with Crippen LogP contribution in [0.25, 0.3) is 10.9 Å². The highest BCUT2D eigenvalue weighted by Gasteiger charge is 2.13. The first kappa shape index (κ1) is 15.9. The van der Waals surface area contributed by atoms with E-state index in [0.29, 0.717) is 0 Å². The molecule has 0 saturated heterocycles. The summed E-state index contributed by atoms with van der Waals surface area (Å²) in [6.45, 7) is 3.71. The first-order valence-corrected chi connectivity index (χ1v) is 7.46. The number of fused-ring (bicyclic) bond motifs is 1. The SMILES string of the molecule is CCC(CC)NC(=O)COC(=O)c1ccc2ccccc2n1. The van der Waals surface area contributed by atoms with Gasteiger partial charge in [0.2, 0.25) is 0 Å². The molecule has 0 bridgehead atoms. The molecule has 2 aromatic rings. The molecule has 1 aromatic heterocycles. The Bertz CT molecular complexity index is 666. The quantitative estimate of drug-likeness (QED) is 0.833. The van der Waals surface area contributed by atoms with Crippen molar-refractivity contribution in [2.75, 3.05) is 6.61 Å². The molecule has 22 heavy (non-hydrogen) atoms. The lowest BCUT2D eigenvalue weighted by Gasteiger charge is -2.14. The summed E-state index contributed by atoms with van der Waals surface area (Å²) in [5.41, 5.74) is 0.924. The van der Waals surface area contributed by atoms with Crippen LogP contribution in [0.1, 0.15) is 37.2 Å². The summed E-state index contributed by atoms with van der Waals surface area (Å²) in [4.78, 5) is 27.9. The predicted octanol–water partition coefficient (Wildman–Crippen LogP) is 2.70. The Kier molecular flexibility index (Phi) is 5.47. The van der Waals surface area contributed by atoms with Crippen molar-refractivity contribution in [1.82, 2.24) is 10.3 Å². The van der Waals surface area contributed by atoms with Crippen LogP contribution in [0.3, 0.4) is 0 Å². The maximum atomic E-state index is 12.0. The standard InChI is InChI=1S/C17H20N2O3/c1-3-13(4-2)18-16(20)11-22-17(21)15-10-9-12-7-5-6-8-14(12)19-15/h5-10,13H,3-4,11H2,1-2H3,(H,18,20). The van der Waals surface area contributed by atoms with Crippen molar-refractivity contribution in [3.05, 3.63) is 42.1 Å². The van der Waals surface area contributed by atoms with Gasteiger partial charge in [-0.25, -0.2) is 9.78 Å². The molecule has 0 saturated carbocycles. The van der Waals surface area contributed by atoms with Gasteiger partial charge in [0, 0.05) is 11.4 Å². The van der Waals surface area contributed by atoms with Crippen molar-refractivity contribution < 1.29 is 14.3 Å². The molecule has 1 heterocycles. The first-order chi connectivity index (χ1) is 10.6. The molecule has 1 amide bonds. The maximum Gasteiger partial charge on any atom is 0.357 e. The minimum Gasteiger partial charge on any atom is -0.451 e. The molecule has 0 spiro atoms. The fourth-order valence-corrected chi connectivity index (χ4v) is 2.15. The smallest absolute Gasteiger partial charge is 0.357 e. The van der Waals surface area contributed by atoms with E-state index in [-0.39, 0.29) is 24.2 Å². The van der Waals surface area contributed by atoms with Gasteiger partial charge >= 0.3 is 5.97 Å². The van der Waals surface area contributed by atoms with Gasteiger partial charge < -0.3 is 10.1 Å². The van der Waals surface area contributed by atoms with E-state index >= 15 is 0 Å². The van der Waals surface area contributed by atoms with Crippen LogP contribution in [0, 0.1) is 0 Å². The van der Waals surface area contributed by atoms with Crippen molar-refractivity contribution in [3.8, 4) is 0 Å². The van der Waals surface area contributed by atoms with E-state index in [1.807, 2.05) is 44.2 Å². The Labute approximate surface area is 129 Å². The number of nitrogens with zero attached hydrogens (tertiary/aromatic N) is 1. The molecule has 0 aliphatic heterocycles. The lowest BCUT2D eigenvalue weighted by molar-refractivity contribution is -0.125. The summed E-state index contributed by atoms with van der Waals surface area (Å²) in [7, 11) is 0. The van der Waals surface area contributed by atoms with Crippen LogP contribution in [0.4, 0.5) is 0 Å². The number of amides is 1. The number of carbonyl (C=O) groups is 2. The fourth-order valence-electron chi connectivity index (χ4n) is 2.15. The number of benzene rings is 1. The zero-order valence-electron chi connectivity index (χ0n) is 12.8. The zero-order chi connectivity index (χ0) is 15.9. The van der Waals surface area contributed by atoms with E-state index in [1.54, 1.807) is 6.07 Å². The second-order valence-corrected chi connectivity index (χ2v) is 5.05. The molecular formula is C17H20N2O3. The third kappa shape index (κ3) is 4.04. The molecule has 0 radical (unpaired) electrons. The molecule has 0 atom stereocenters. The van der Waals surface area contributed by atoms with Crippen molar-refractivity contribution in [2.24, 2.45) is 0 Å². The molecule has 0 unspecified atom stereocenters. The van der Waals surface area contributed by atoms with Crippen LogP contribution >= 0.6 is 0 Å². The monoisotopic (exact) mass is 300 g/mol. The minimum absolute atomic E-state index is 0.116. The van der Waals surface area contributed by atoms with Gasteiger partial charge in [-0.3, -0.25) is 4.79 Å². The second kappa shape index (κ2) is 7.54. The Hall–Kier alpha value is -2.43. The van der Waals surface area contributed by atoms with Gasteiger partial charge in [0.05, 0.1) is 5.52 Å². The van der Waals surface area contributed by atoms with Gasteiger partial charge in [0.25, 0.3) is 5.91 Å². The Morgan fingerprint density at radius 2 is 1.86 bits per heavy atom. The van der Waals surface area contributed by atoms with Crippen LogP contribution in [-0.2, 0) is 9.53 Å². The molecule has 0 fully saturated rings. The molecule has 5 nitrogen and oxygen atoms in total. The van der Waals surface area contributed by atoms with Crippen molar-refractivity contribution in [1.29, 1.82) is 0 Å². The lowest BCUT2D eigenvalue weighted by atomic mass is 10.2. The van der Waals surface area contributed by atoms with Crippen LogP contribution in [-0.4, -0.2) is 29.5 Å². The van der Waals surface area contributed by atoms with Gasteiger partial charge in [-0.2, -0.15) is 0 Å². The molecule has 2 rings (SSSR count). The van der Waals surface area contributed by atoms with E-state index in [0.717, 1.165) is 23.7 Å². The van der Waals surface area contributed by atoms with Crippen molar-refractivity contribution in [2.45, 2.75) is 32.7 Å². The van der Waals surface area contributed by atoms with Gasteiger partial charge in [-0.05, 0) is 25.0 Å². The lowest BCUT2D eigenvalue weighted by Crippen LogP contribution is -2.36. The van der Waals surface area contributed by atoms with Crippen molar-refractivity contribution in [3.63, 3.8) is 0 Å². The average Bonchev–Trinajstić information content (AvgIpc) is 2.57. The predicted molar refractivity (Wildman–Crippen MR) is 84.5 cm³/mol. The Balaban J connectivity index is 1.95. The highest BCUT2D eigenvalue weighted by molar-refractivity contribution is 5.92. The number of hydrogen-bond donors (Lipinski definition) is 1. The van der Waals surface area contributed by atoms with E-state index in [9.17, 15) is 9.59 Å². The number of esters is 1. The third-order valence-corrected chi connectivity index (χ3v) is 3.49. The summed E-state index contributed by atoms with van der Waals surface area (Å²) in [5, 5.41) is 3.77. The largest absolute Gasteiger partial charge is 0.451 e. The van der Waals surface area contributed by atoms with Gasteiger partial charge in [-0.1, -0.05) is 38.1 Å². The van der Waals surface area contributed by atoms with E-state index in [2.05, 4.69) is 10.3 Å².